The maximum Gasteiger partial charge on any atom is 0.265 e. The lowest BCUT2D eigenvalue weighted by Gasteiger charge is -2.25. The van der Waals surface area contributed by atoms with Crippen LogP contribution >= 0.6 is 22.9 Å². The summed E-state index contributed by atoms with van der Waals surface area (Å²) in [5.41, 5.74) is 0.144. The molecule has 2 heterocycles. The van der Waals surface area contributed by atoms with Crippen LogP contribution in [0.15, 0.2) is 37.2 Å². The van der Waals surface area contributed by atoms with Crippen molar-refractivity contribution in [1.82, 2.24) is 15.3 Å². The van der Waals surface area contributed by atoms with Gasteiger partial charge in [-0.25, -0.2) is 4.98 Å². The highest BCUT2D eigenvalue weighted by atomic mass is 35.5. The second-order valence-electron chi connectivity index (χ2n) is 4.89. The lowest BCUT2D eigenvalue weighted by molar-refractivity contribution is 0.0857. The third-order valence-corrected chi connectivity index (χ3v) is 4.48. The lowest BCUT2D eigenvalue weighted by Crippen LogP contribution is -2.47. The van der Waals surface area contributed by atoms with E-state index in [0.717, 1.165) is 5.56 Å². The zero-order valence-corrected chi connectivity index (χ0v) is 13.9. The third-order valence-electron chi connectivity index (χ3n) is 2.99. The van der Waals surface area contributed by atoms with E-state index in [1.54, 1.807) is 31.6 Å². The van der Waals surface area contributed by atoms with Crippen LogP contribution in [0.5, 0.6) is 0 Å². The molecule has 1 unspecified atom stereocenters. The van der Waals surface area contributed by atoms with Gasteiger partial charge in [-0.15, -0.1) is 17.9 Å². The van der Waals surface area contributed by atoms with Crippen molar-refractivity contribution in [2.45, 2.75) is 12.5 Å². The molecule has 1 N–H and O–H groups in total. The Balaban J connectivity index is 2.24. The molecule has 22 heavy (non-hydrogen) atoms. The zero-order chi connectivity index (χ0) is 16.2. The Hall–Kier alpha value is -1.76. The van der Waals surface area contributed by atoms with Crippen molar-refractivity contribution in [2.24, 2.45) is 0 Å². The van der Waals surface area contributed by atoms with Gasteiger partial charge in [0.05, 0.1) is 12.1 Å². The molecule has 0 spiro atoms. The van der Waals surface area contributed by atoms with Crippen LogP contribution in [0.1, 0.15) is 16.6 Å². The van der Waals surface area contributed by atoms with Crippen molar-refractivity contribution >= 4 is 28.8 Å². The van der Waals surface area contributed by atoms with Gasteiger partial charge in [0.25, 0.3) is 5.91 Å². The van der Waals surface area contributed by atoms with Crippen LogP contribution in [-0.2, 0) is 4.74 Å². The molecule has 0 fully saturated rings. The zero-order valence-electron chi connectivity index (χ0n) is 12.3. The number of pyridine rings is 1. The van der Waals surface area contributed by atoms with Crippen LogP contribution in [0, 0.1) is 0 Å². The van der Waals surface area contributed by atoms with Crippen LogP contribution in [0.4, 0.5) is 0 Å². The number of halogens is 1. The van der Waals surface area contributed by atoms with Crippen molar-refractivity contribution < 1.29 is 9.53 Å². The number of carbonyl (C=O) groups excluding carboxylic acids is 1. The average molecular weight is 338 g/mol. The first-order chi connectivity index (χ1) is 10.5. The third kappa shape index (κ3) is 3.71. The Bertz CT molecular complexity index is 675. The Morgan fingerprint density at radius 1 is 1.64 bits per heavy atom. The minimum atomic E-state index is -0.673. The summed E-state index contributed by atoms with van der Waals surface area (Å²) in [5.74, 6) is -0.308. The SMILES string of the molecule is C=CC(C)(COC)NC(=O)c1sc(-c2cccnc2)nc1Cl. The molecule has 7 heteroatoms. The monoisotopic (exact) mass is 337 g/mol. The van der Waals surface area contributed by atoms with Crippen LogP contribution in [0.3, 0.4) is 0 Å². The van der Waals surface area contributed by atoms with Gasteiger partial charge in [-0.3, -0.25) is 9.78 Å². The summed E-state index contributed by atoms with van der Waals surface area (Å²) in [4.78, 5) is 21.0. The van der Waals surface area contributed by atoms with Gasteiger partial charge in [-0.1, -0.05) is 17.7 Å². The molecule has 0 radical (unpaired) electrons. The number of nitrogens with zero attached hydrogens (tertiary/aromatic N) is 2. The molecule has 0 saturated carbocycles. The standard InChI is InChI=1S/C15H16ClN3O2S/c1-4-15(2,9-21-3)19-13(20)11-12(16)18-14(22-11)10-6-5-7-17-8-10/h4-8H,1,9H2,2-3H3,(H,19,20). The average Bonchev–Trinajstić information content (AvgIpc) is 2.90. The van der Waals surface area contributed by atoms with E-state index in [1.165, 1.54) is 11.3 Å². The number of carbonyl (C=O) groups is 1. The van der Waals surface area contributed by atoms with Crippen molar-refractivity contribution in [1.29, 1.82) is 0 Å². The second-order valence-corrected chi connectivity index (χ2v) is 6.25. The first-order valence-electron chi connectivity index (χ1n) is 6.51. The number of thiazole rings is 1. The highest BCUT2D eigenvalue weighted by Gasteiger charge is 2.26. The molecule has 0 aliphatic rings. The number of ether oxygens (including phenoxy) is 1. The molecular weight excluding hydrogens is 322 g/mol. The fraction of sp³-hybridized carbons (Fsp3) is 0.267. The summed E-state index contributed by atoms with van der Waals surface area (Å²) in [6.45, 7) is 5.86. The fourth-order valence-corrected chi connectivity index (χ4v) is 2.99. The normalized spacial score (nSPS) is 13.4. The van der Waals surface area contributed by atoms with Gasteiger partial charge in [-0.2, -0.15) is 0 Å². The Morgan fingerprint density at radius 2 is 2.41 bits per heavy atom. The lowest BCUT2D eigenvalue weighted by atomic mass is 10.0. The van der Waals surface area contributed by atoms with Crippen LogP contribution in [0.2, 0.25) is 5.15 Å². The smallest absolute Gasteiger partial charge is 0.265 e. The van der Waals surface area contributed by atoms with E-state index in [0.29, 0.717) is 16.5 Å². The number of aromatic nitrogens is 2. The van der Waals surface area contributed by atoms with E-state index in [-0.39, 0.29) is 11.1 Å². The molecule has 1 atom stereocenters. The summed E-state index contributed by atoms with van der Waals surface area (Å²) >= 11 is 7.32. The number of nitrogens with one attached hydrogen (secondary N) is 1. The summed E-state index contributed by atoms with van der Waals surface area (Å²) in [5, 5.41) is 3.67. The minimum absolute atomic E-state index is 0.171. The van der Waals surface area contributed by atoms with E-state index >= 15 is 0 Å². The highest BCUT2D eigenvalue weighted by Crippen LogP contribution is 2.30. The molecule has 116 valence electrons. The molecule has 5 nitrogen and oxygen atoms in total. The van der Waals surface area contributed by atoms with Gasteiger partial charge < -0.3 is 10.1 Å². The van der Waals surface area contributed by atoms with Crippen LogP contribution in [0.25, 0.3) is 10.6 Å². The maximum atomic E-state index is 12.4. The Labute approximate surface area is 138 Å². The quantitative estimate of drug-likeness (QED) is 0.822. The van der Waals surface area contributed by atoms with Crippen LogP contribution in [-0.4, -0.2) is 35.1 Å². The fourth-order valence-electron chi connectivity index (χ4n) is 1.82. The highest BCUT2D eigenvalue weighted by molar-refractivity contribution is 7.17. The predicted octanol–water partition coefficient (Wildman–Crippen LogP) is 3.18. The molecule has 0 bridgehead atoms. The topological polar surface area (TPSA) is 64.1 Å². The Kier molecular flexibility index (Phi) is 5.28. The maximum absolute atomic E-state index is 12.4. The molecule has 2 aromatic rings. The van der Waals surface area contributed by atoms with E-state index in [1.807, 2.05) is 13.0 Å². The minimum Gasteiger partial charge on any atom is -0.382 e. The number of hydrogen-bond acceptors (Lipinski definition) is 5. The van der Waals surface area contributed by atoms with Crippen molar-refractivity contribution in [3.8, 4) is 10.6 Å². The summed E-state index contributed by atoms with van der Waals surface area (Å²) in [6, 6.07) is 3.67. The molecule has 0 aromatic carbocycles. The van der Waals surface area contributed by atoms with E-state index in [2.05, 4.69) is 21.9 Å². The number of hydrogen-bond donors (Lipinski definition) is 1. The van der Waals surface area contributed by atoms with Gasteiger partial charge >= 0.3 is 0 Å². The molecule has 2 rings (SSSR count). The summed E-state index contributed by atoms with van der Waals surface area (Å²) < 4.78 is 5.10. The molecule has 0 saturated heterocycles. The van der Waals surface area contributed by atoms with Crippen LogP contribution < -0.4 is 5.32 Å². The first kappa shape index (κ1) is 16.6. The van der Waals surface area contributed by atoms with E-state index in [4.69, 9.17) is 16.3 Å². The van der Waals surface area contributed by atoms with E-state index in [9.17, 15) is 4.79 Å². The van der Waals surface area contributed by atoms with Gasteiger partial charge in [0.1, 0.15) is 9.88 Å². The summed E-state index contributed by atoms with van der Waals surface area (Å²) in [6.07, 6.45) is 4.98. The first-order valence-corrected chi connectivity index (χ1v) is 7.70. The van der Waals surface area contributed by atoms with Gasteiger partial charge in [0, 0.05) is 25.1 Å². The molecule has 0 aliphatic heterocycles. The molecular formula is C15H16ClN3O2S. The van der Waals surface area contributed by atoms with Crippen molar-refractivity contribution in [3.63, 3.8) is 0 Å². The number of methoxy groups -OCH3 is 1. The van der Waals surface area contributed by atoms with Crippen molar-refractivity contribution in [2.75, 3.05) is 13.7 Å². The van der Waals surface area contributed by atoms with E-state index < -0.39 is 5.54 Å². The summed E-state index contributed by atoms with van der Waals surface area (Å²) in [7, 11) is 1.56. The molecule has 0 aliphatic carbocycles. The van der Waals surface area contributed by atoms with Gasteiger partial charge in [-0.05, 0) is 19.1 Å². The number of amides is 1. The molecule has 1 amide bonds. The number of rotatable bonds is 6. The van der Waals surface area contributed by atoms with Gasteiger partial charge in [0.2, 0.25) is 0 Å². The van der Waals surface area contributed by atoms with Crippen molar-refractivity contribution in [3.05, 3.63) is 47.2 Å². The van der Waals surface area contributed by atoms with Gasteiger partial charge in [0.15, 0.2) is 5.15 Å². The second kappa shape index (κ2) is 7.00. The Morgan fingerprint density at radius 3 is 3.00 bits per heavy atom. The molecule has 2 aromatic heterocycles. The largest absolute Gasteiger partial charge is 0.382 e. The predicted molar refractivity (Wildman–Crippen MR) is 88.3 cm³/mol.